The molecule has 0 spiro atoms. The van der Waals surface area contributed by atoms with Gasteiger partial charge in [-0.1, -0.05) is 13.0 Å². The highest BCUT2D eigenvalue weighted by Gasteiger charge is 2.18. The van der Waals surface area contributed by atoms with Crippen LogP contribution in [0.3, 0.4) is 0 Å². The zero-order valence-electron chi connectivity index (χ0n) is 7.60. The first-order valence-electron chi connectivity index (χ1n) is 4.52. The maximum atomic E-state index is 5.43. The SMILES string of the molecule is CC[C@H]1COC(c2ccccn2)=N1. The molecule has 1 aliphatic rings. The van der Waals surface area contributed by atoms with Crippen molar-refractivity contribution in [1.29, 1.82) is 0 Å². The smallest absolute Gasteiger partial charge is 0.235 e. The highest BCUT2D eigenvalue weighted by atomic mass is 16.5. The zero-order valence-corrected chi connectivity index (χ0v) is 7.60. The Morgan fingerprint density at radius 3 is 3.08 bits per heavy atom. The lowest BCUT2D eigenvalue weighted by molar-refractivity contribution is 0.314. The van der Waals surface area contributed by atoms with Crippen molar-refractivity contribution in [1.82, 2.24) is 4.98 Å². The van der Waals surface area contributed by atoms with Crippen molar-refractivity contribution in [2.75, 3.05) is 6.61 Å². The predicted octanol–water partition coefficient (Wildman–Crippen LogP) is 1.64. The third-order valence-electron chi connectivity index (χ3n) is 2.07. The van der Waals surface area contributed by atoms with E-state index in [4.69, 9.17) is 4.74 Å². The summed E-state index contributed by atoms with van der Waals surface area (Å²) in [7, 11) is 0. The van der Waals surface area contributed by atoms with Crippen molar-refractivity contribution in [2.45, 2.75) is 19.4 Å². The third kappa shape index (κ3) is 1.69. The van der Waals surface area contributed by atoms with E-state index in [2.05, 4.69) is 16.9 Å². The van der Waals surface area contributed by atoms with Crippen molar-refractivity contribution in [3.05, 3.63) is 30.1 Å². The van der Waals surface area contributed by atoms with E-state index in [1.807, 2.05) is 18.2 Å². The van der Waals surface area contributed by atoms with Crippen LogP contribution in [-0.4, -0.2) is 23.5 Å². The Labute approximate surface area is 77.5 Å². The van der Waals surface area contributed by atoms with Gasteiger partial charge in [-0.3, -0.25) is 4.98 Å². The molecule has 2 rings (SSSR count). The molecule has 0 fully saturated rings. The minimum atomic E-state index is 0.317. The van der Waals surface area contributed by atoms with Crippen LogP contribution in [0.25, 0.3) is 0 Å². The van der Waals surface area contributed by atoms with E-state index in [1.165, 1.54) is 0 Å². The van der Waals surface area contributed by atoms with Gasteiger partial charge in [0.05, 0.1) is 6.04 Å². The van der Waals surface area contributed by atoms with Gasteiger partial charge in [0.15, 0.2) is 0 Å². The molecule has 1 aromatic rings. The predicted molar refractivity (Wildman–Crippen MR) is 50.8 cm³/mol. The number of pyridine rings is 1. The van der Waals surface area contributed by atoms with Crippen LogP contribution < -0.4 is 0 Å². The molecule has 0 aromatic carbocycles. The van der Waals surface area contributed by atoms with E-state index in [1.54, 1.807) is 6.20 Å². The lowest BCUT2D eigenvalue weighted by Crippen LogP contribution is -2.04. The van der Waals surface area contributed by atoms with Gasteiger partial charge in [0, 0.05) is 6.20 Å². The monoisotopic (exact) mass is 176 g/mol. The fourth-order valence-corrected chi connectivity index (χ4v) is 1.25. The van der Waals surface area contributed by atoms with Gasteiger partial charge in [-0.25, -0.2) is 4.99 Å². The van der Waals surface area contributed by atoms with Crippen molar-refractivity contribution in [3.8, 4) is 0 Å². The number of aliphatic imine (C=N–C) groups is 1. The summed E-state index contributed by atoms with van der Waals surface area (Å²) in [5.74, 6) is 0.687. The van der Waals surface area contributed by atoms with Gasteiger partial charge in [0.1, 0.15) is 12.3 Å². The molecule has 0 amide bonds. The molecule has 1 atom stereocenters. The Bertz CT molecular complexity index is 308. The molecule has 0 saturated heterocycles. The number of hydrogen-bond donors (Lipinski definition) is 0. The molecule has 3 nitrogen and oxygen atoms in total. The fraction of sp³-hybridized carbons (Fsp3) is 0.400. The lowest BCUT2D eigenvalue weighted by atomic mass is 10.3. The van der Waals surface area contributed by atoms with Gasteiger partial charge in [-0.05, 0) is 18.6 Å². The van der Waals surface area contributed by atoms with E-state index in [0.717, 1.165) is 12.1 Å². The minimum absolute atomic E-state index is 0.317. The van der Waals surface area contributed by atoms with Crippen molar-refractivity contribution in [2.24, 2.45) is 4.99 Å². The summed E-state index contributed by atoms with van der Waals surface area (Å²) in [6.45, 7) is 2.81. The summed E-state index contributed by atoms with van der Waals surface area (Å²) in [6.07, 6.45) is 2.77. The van der Waals surface area contributed by atoms with Gasteiger partial charge in [-0.2, -0.15) is 0 Å². The molecule has 1 aliphatic heterocycles. The number of aromatic nitrogens is 1. The molecular weight excluding hydrogens is 164 g/mol. The van der Waals surface area contributed by atoms with E-state index < -0.39 is 0 Å². The molecule has 0 aliphatic carbocycles. The maximum Gasteiger partial charge on any atom is 0.235 e. The summed E-state index contributed by atoms with van der Waals surface area (Å²) in [5.41, 5.74) is 0.832. The van der Waals surface area contributed by atoms with Crippen LogP contribution in [0.1, 0.15) is 19.0 Å². The summed E-state index contributed by atoms with van der Waals surface area (Å²) in [6, 6.07) is 6.05. The van der Waals surface area contributed by atoms with Crippen LogP contribution in [0.4, 0.5) is 0 Å². The van der Waals surface area contributed by atoms with E-state index in [-0.39, 0.29) is 0 Å². The quantitative estimate of drug-likeness (QED) is 0.686. The molecule has 0 N–H and O–H groups in total. The Morgan fingerprint density at radius 1 is 1.54 bits per heavy atom. The van der Waals surface area contributed by atoms with Crippen LogP contribution in [-0.2, 0) is 4.74 Å². The topological polar surface area (TPSA) is 34.5 Å². The van der Waals surface area contributed by atoms with Crippen LogP contribution >= 0.6 is 0 Å². The molecule has 2 heterocycles. The first-order chi connectivity index (χ1) is 6.40. The number of nitrogens with zero attached hydrogens (tertiary/aromatic N) is 2. The highest BCUT2D eigenvalue weighted by Crippen LogP contribution is 2.11. The molecule has 0 saturated carbocycles. The highest BCUT2D eigenvalue weighted by molar-refractivity contribution is 5.93. The molecule has 0 bridgehead atoms. The Balaban J connectivity index is 2.19. The van der Waals surface area contributed by atoms with E-state index in [0.29, 0.717) is 18.5 Å². The molecule has 0 unspecified atom stereocenters. The fourth-order valence-electron chi connectivity index (χ4n) is 1.25. The van der Waals surface area contributed by atoms with Crippen molar-refractivity contribution >= 4 is 5.90 Å². The third-order valence-corrected chi connectivity index (χ3v) is 2.07. The van der Waals surface area contributed by atoms with Gasteiger partial charge in [0.25, 0.3) is 0 Å². The summed E-state index contributed by atoms with van der Waals surface area (Å²) < 4.78 is 5.43. The van der Waals surface area contributed by atoms with Crippen molar-refractivity contribution in [3.63, 3.8) is 0 Å². The van der Waals surface area contributed by atoms with Gasteiger partial charge in [0.2, 0.25) is 5.90 Å². The molecular formula is C10H12N2O. The number of ether oxygens (including phenoxy) is 1. The van der Waals surface area contributed by atoms with E-state index >= 15 is 0 Å². The largest absolute Gasteiger partial charge is 0.474 e. The molecule has 0 radical (unpaired) electrons. The first-order valence-corrected chi connectivity index (χ1v) is 4.52. The second-order valence-corrected chi connectivity index (χ2v) is 3.02. The zero-order chi connectivity index (χ0) is 9.10. The molecule has 1 aromatic heterocycles. The average molecular weight is 176 g/mol. The Hall–Kier alpha value is -1.38. The van der Waals surface area contributed by atoms with Gasteiger partial charge in [-0.15, -0.1) is 0 Å². The van der Waals surface area contributed by atoms with E-state index in [9.17, 15) is 0 Å². The lowest BCUT2D eigenvalue weighted by Gasteiger charge is -1.98. The van der Waals surface area contributed by atoms with Crippen molar-refractivity contribution < 1.29 is 4.74 Å². The maximum absolute atomic E-state index is 5.43. The standard InChI is InChI=1S/C10H12N2O/c1-2-8-7-13-10(12-8)9-5-3-4-6-11-9/h3-6,8H,2,7H2,1H3/t8-/m0/s1. The average Bonchev–Trinajstić information content (AvgIpc) is 2.67. The Morgan fingerprint density at radius 2 is 2.46 bits per heavy atom. The normalized spacial score (nSPS) is 21.0. The molecule has 68 valence electrons. The molecule has 3 heteroatoms. The summed E-state index contributed by atoms with van der Waals surface area (Å²) >= 11 is 0. The van der Waals surface area contributed by atoms with Crippen LogP contribution in [0.2, 0.25) is 0 Å². The van der Waals surface area contributed by atoms with Gasteiger partial charge >= 0.3 is 0 Å². The summed E-state index contributed by atoms with van der Waals surface area (Å²) in [5, 5.41) is 0. The second-order valence-electron chi connectivity index (χ2n) is 3.02. The summed E-state index contributed by atoms with van der Waals surface area (Å²) in [4.78, 5) is 8.58. The number of rotatable bonds is 2. The first kappa shape index (κ1) is 8.23. The molecule has 13 heavy (non-hydrogen) atoms. The number of hydrogen-bond acceptors (Lipinski definition) is 3. The Kier molecular flexibility index (Phi) is 2.25. The van der Waals surface area contributed by atoms with Crippen LogP contribution in [0, 0.1) is 0 Å². The minimum Gasteiger partial charge on any atom is -0.474 e. The second kappa shape index (κ2) is 3.56. The van der Waals surface area contributed by atoms with Crippen LogP contribution in [0.5, 0.6) is 0 Å². The van der Waals surface area contributed by atoms with Crippen LogP contribution in [0.15, 0.2) is 29.4 Å². The van der Waals surface area contributed by atoms with Gasteiger partial charge < -0.3 is 4.74 Å².